The molecule has 1 heterocycles. The van der Waals surface area contributed by atoms with E-state index in [1.165, 1.54) is 31.2 Å². The van der Waals surface area contributed by atoms with Crippen molar-refractivity contribution in [1.29, 1.82) is 0 Å². The Morgan fingerprint density at radius 1 is 1.16 bits per heavy atom. The average molecular weight is 259 g/mol. The van der Waals surface area contributed by atoms with Crippen LogP contribution >= 0.6 is 0 Å². The summed E-state index contributed by atoms with van der Waals surface area (Å²) in [4.78, 5) is 12.2. The molecule has 0 atom stereocenters. The lowest BCUT2D eigenvalue weighted by atomic mass is 10.1. The summed E-state index contributed by atoms with van der Waals surface area (Å²) in [6, 6.07) is 5.84. The molecule has 0 aromatic heterocycles. The Labute approximate surface area is 114 Å². The third-order valence-electron chi connectivity index (χ3n) is 4.13. The second-order valence-electron chi connectivity index (χ2n) is 5.57. The highest BCUT2D eigenvalue weighted by Gasteiger charge is 2.19. The zero-order chi connectivity index (χ0) is 13.1. The van der Waals surface area contributed by atoms with E-state index >= 15 is 0 Å². The molecular weight excluding hydrogens is 238 g/mol. The van der Waals surface area contributed by atoms with Crippen molar-refractivity contribution in [2.75, 3.05) is 11.9 Å². The summed E-state index contributed by atoms with van der Waals surface area (Å²) in [6.45, 7) is 0.969. The zero-order valence-electron chi connectivity index (χ0n) is 11.3. The van der Waals surface area contributed by atoms with Crippen molar-refractivity contribution < 1.29 is 9.53 Å². The lowest BCUT2D eigenvalue weighted by molar-refractivity contribution is 0.0267. The van der Waals surface area contributed by atoms with Gasteiger partial charge in [-0.05, 0) is 55.9 Å². The number of ether oxygens (including phenoxy) is 1. The molecule has 3 rings (SSSR count). The van der Waals surface area contributed by atoms with Gasteiger partial charge in [-0.3, -0.25) is 0 Å². The molecule has 1 N–H and O–H groups in total. The Bertz CT molecular complexity index is 462. The summed E-state index contributed by atoms with van der Waals surface area (Å²) < 4.78 is 5.66. The lowest BCUT2D eigenvalue weighted by Gasteiger charge is -2.15. The molecule has 19 heavy (non-hydrogen) atoms. The number of benzene rings is 1. The smallest absolute Gasteiger partial charge is 0.338 e. The SMILES string of the molecule is O=C(OC1CCCCCC1)c1ccc2c(c1)CCN2. The van der Waals surface area contributed by atoms with E-state index < -0.39 is 0 Å². The molecule has 1 aromatic carbocycles. The molecule has 1 fully saturated rings. The summed E-state index contributed by atoms with van der Waals surface area (Å²) in [5.74, 6) is -0.151. The first-order chi connectivity index (χ1) is 9.33. The summed E-state index contributed by atoms with van der Waals surface area (Å²) in [5.41, 5.74) is 3.09. The molecule has 1 aliphatic heterocycles. The maximum Gasteiger partial charge on any atom is 0.338 e. The highest BCUT2D eigenvalue weighted by molar-refractivity contribution is 5.90. The molecule has 2 aliphatic rings. The number of anilines is 1. The van der Waals surface area contributed by atoms with E-state index in [2.05, 4.69) is 5.32 Å². The number of nitrogens with one attached hydrogen (secondary N) is 1. The zero-order valence-corrected chi connectivity index (χ0v) is 11.3. The van der Waals surface area contributed by atoms with E-state index in [-0.39, 0.29) is 12.1 Å². The third kappa shape index (κ3) is 2.91. The van der Waals surface area contributed by atoms with Crippen LogP contribution in [0, 0.1) is 0 Å². The number of carbonyl (C=O) groups is 1. The van der Waals surface area contributed by atoms with Crippen LogP contribution in [-0.2, 0) is 11.2 Å². The van der Waals surface area contributed by atoms with Gasteiger partial charge in [0.1, 0.15) is 6.10 Å². The third-order valence-corrected chi connectivity index (χ3v) is 4.13. The van der Waals surface area contributed by atoms with Gasteiger partial charge in [-0.1, -0.05) is 12.8 Å². The molecule has 0 saturated heterocycles. The number of esters is 1. The first-order valence-corrected chi connectivity index (χ1v) is 7.41. The van der Waals surface area contributed by atoms with Crippen LogP contribution < -0.4 is 5.32 Å². The molecule has 0 spiro atoms. The molecule has 0 bridgehead atoms. The van der Waals surface area contributed by atoms with Crippen molar-refractivity contribution >= 4 is 11.7 Å². The minimum absolute atomic E-state index is 0.126. The number of carbonyl (C=O) groups excluding carboxylic acids is 1. The van der Waals surface area contributed by atoms with Crippen molar-refractivity contribution in [2.24, 2.45) is 0 Å². The number of hydrogen-bond donors (Lipinski definition) is 1. The first-order valence-electron chi connectivity index (χ1n) is 7.41. The Kier molecular flexibility index (Phi) is 3.72. The summed E-state index contributed by atoms with van der Waals surface area (Å²) in [6.07, 6.45) is 8.10. The van der Waals surface area contributed by atoms with Crippen LogP contribution in [0.25, 0.3) is 0 Å². The van der Waals surface area contributed by atoms with Gasteiger partial charge in [0.2, 0.25) is 0 Å². The van der Waals surface area contributed by atoms with E-state index in [1.54, 1.807) is 0 Å². The standard InChI is InChI=1S/C16H21NO2/c18-16(19-14-5-3-1-2-4-6-14)13-7-8-15-12(11-13)9-10-17-15/h7-8,11,14,17H,1-6,9-10H2. The van der Waals surface area contributed by atoms with Crippen LogP contribution in [0.15, 0.2) is 18.2 Å². The number of fused-ring (bicyclic) bond motifs is 1. The van der Waals surface area contributed by atoms with E-state index in [0.717, 1.165) is 31.5 Å². The predicted octanol–water partition coefficient (Wildman–Crippen LogP) is 3.53. The van der Waals surface area contributed by atoms with E-state index in [0.29, 0.717) is 5.56 Å². The summed E-state index contributed by atoms with van der Waals surface area (Å²) in [7, 11) is 0. The van der Waals surface area contributed by atoms with Crippen LogP contribution in [0.4, 0.5) is 5.69 Å². The van der Waals surface area contributed by atoms with E-state index in [9.17, 15) is 4.79 Å². The van der Waals surface area contributed by atoms with Gasteiger partial charge < -0.3 is 10.1 Å². The second kappa shape index (κ2) is 5.64. The van der Waals surface area contributed by atoms with Gasteiger partial charge in [0, 0.05) is 12.2 Å². The Morgan fingerprint density at radius 2 is 1.95 bits per heavy atom. The monoisotopic (exact) mass is 259 g/mol. The Hall–Kier alpha value is -1.51. The van der Waals surface area contributed by atoms with E-state index in [1.807, 2.05) is 18.2 Å². The fourth-order valence-corrected chi connectivity index (χ4v) is 3.01. The number of rotatable bonds is 2. The highest BCUT2D eigenvalue weighted by atomic mass is 16.5. The van der Waals surface area contributed by atoms with Crippen molar-refractivity contribution in [1.82, 2.24) is 0 Å². The summed E-state index contributed by atoms with van der Waals surface area (Å²) >= 11 is 0. The summed E-state index contributed by atoms with van der Waals surface area (Å²) in [5, 5.41) is 3.30. The van der Waals surface area contributed by atoms with Crippen LogP contribution in [0.1, 0.15) is 54.4 Å². The maximum atomic E-state index is 12.2. The van der Waals surface area contributed by atoms with Gasteiger partial charge in [0.25, 0.3) is 0 Å². The molecule has 0 radical (unpaired) electrons. The Morgan fingerprint density at radius 3 is 2.74 bits per heavy atom. The van der Waals surface area contributed by atoms with Crippen molar-refractivity contribution in [3.8, 4) is 0 Å². The average Bonchev–Trinajstić information content (AvgIpc) is 2.75. The lowest BCUT2D eigenvalue weighted by Crippen LogP contribution is -2.17. The van der Waals surface area contributed by atoms with Crippen molar-refractivity contribution in [2.45, 2.75) is 51.0 Å². The molecular formula is C16H21NO2. The molecule has 1 aromatic rings. The largest absolute Gasteiger partial charge is 0.459 e. The van der Waals surface area contributed by atoms with Crippen molar-refractivity contribution in [3.63, 3.8) is 0 Å². The van der Waals surface area contributed by atoms with Crippen LogP contribution in [0.3, 0.4) is 0 Å². The van der Waals surface area contributed by atoms with E-state index in [4.69, 9.17) is 4.74 Å². The number of hydrogen-bond acceptors (Lipinski definition) is 3. The van der Waals surface area contributed by atoms with Gasteiger partial charge in [-0.25, -0.2) is 4.79 Å². The molecule has 102 valence electrons. The minimum Gasteiger partial charge on any atom is -0.459 e. The normalized spacial score (nSPS) is 19.4. The second-order valence-corrected chi connectivity index (χ2v) is 5.57. The molecule has 1 aliphatic carbocycles. The topological polar surface area (TPSA) is 38.3 Å². The molecule has 0 amide bonds. The van der Waals surface area contributed by atoms with Gasteiger partial charge in [0.05, 0.1) is 5.56 Å². The van der Waals surface area contributed by atoms with Gasteiger partial charge in [-0.2, -0.15) is 0 Å². The van der Waals surface area contributed by atoms with Crippen LogP contribution in [0.5, 0.6) is 0 Å². The van der Waals surface area contributed by atoms with Gasteiger partial charge >= 0.3 is 5.97 Å². The molecule has 3 nitrogen and oxygen atoms in total. The highest BCUT2D eigenvalue weighted by Crippen LogP contribution is 2.25. The first kappa shape index (κ1) is 12.5. The van der Waals surface area contributed by atoms with Crippen LogP contribution in [0.2, 0.25) is 0 Å². The van der Waals surface area contributed by atoms with Crippen LogP contribution in [-0.4, -0.2) is 18.6 Å². The quantitative estimate of drug-likeness (QED) is 0.652. The fraction of sp³-hybridized carbons (Fsp3) is 0.562. The van der Waals surface area contributed by atoms with Gasteiger partial charge in [0.15, 0.2) is 0 Å². The molecule has 1 saturated carbocycles. The Balaban J connectivity index is 1.66. The minimum atomic E-state index is -0.151. The molecule has 3 heteroatoms. The predicted molar refractivity (Wildman–Crippen MR) is 75.5 cm³/mol. The van der Waals surface area contributed by atoms with Crippen molar-refractivity contribution in [3.05, 3.63) is 29.3 Å². The van der Waals surface area contributed by atoms with Gasteiger partial charge in [-0.15, -0.1) is 0 Å². The molecule has 0 unspecified atom stereocenters. The fourth-order valence-electron chi connectivity index (χ4n) is 3.01. The maximum absolute atomic E-state index is 12.2.